The minimum absolute atomic E-state index is 0.0116. The lowest BCUT2D eigenvalue weighted by atomic mass is 10.1. The van der Waals surface area contributed by atoms with Crippen molar-refractivity contribution < 1.29 is 9.53 Å². The van der Waals surface area contributed by atoms with E-state index in [0.29, 0.717) is 18.7 Å². The van der Waals surface area contributed by atoms with Crippen LogP contribution >= 0.6 is 0 Å². The zero-order chi connectivity index (χ0) is 14.7. The first-order valence-corrected chi connectivity index (χ1v) is 7.58. The van der Waals surface area contributed by atoms with Gasteiger partial charge in [-0.1, -0.05) is 13.8 Å². The predicted octanol–water partition coefficient (Wildman–Crippen LogP) is 2.33. The molecule has 19 heavy (non-hydrogen) atoms. The fourth-order valence-corrected chi connectivity index (χ4v) is 1.76. The zero-order valence-electron chi connectivity index (χ0n) is 13.3. The Morgan fingerprint density at radius 3 is 2.32 bits per heavy atom. The summed E-state index contributed by atoms with van der Waals surface area (Å²) in [5.74, 6) is -0.0809. The van der Waals surface area contributed by atoms with Gasteiger partial charge in [0.1, 0.15) is 0 Å². The van der Waals surface area contributed by atoms with Crippen molar-refractivity contribution in [1.29, 1.82) is 0 Å². The molecule has 0 fully saturated rings. The summed E-state index contributed by atoms with van der Waals surface area (Å²) in [4.78, 5) is 11.6. The van der Waals surface area contributed by atoms with Crippen molar-refractivity contribution in [2.24, 2.45) is 5.92 Å². The van der Waals surface area contributed by atoms with Gasteiger partial charge in [0.05, 0.1) is 12.5 Å². The first kappa shape index (κ1) is 18.4. The molecule has 3 unspecified atom stereocenters. The third-order valence-electron chi connectivity index (χ3n) is 3.45. The maximum atomic E-state index is 11.6. The Bertz CT molecular complexity index is 234. The number of rotatable bonds is 11. The van der Waals surface area contributed by atoms with E-state index in [1.807, 2.05) is 20.9 Å². The van der Waals surface area contributed by atoms with Crippen molar-refractivity contribution in [3.63, 3.8) is 0 Å². The van der Waals surface area contributed by atoms with Gasteiger partial charge in [-0.25, -0.2) is 0 Å². The topological polar surface area (TPSA) is 50.4 Å². The second kappa shape index (κ2) is 11.2. The lowest BCUT2D eigenvalue weighted by molar-refractivity contribution is -0.148. The molecule has 0 aromatic rings. The molecule has 4 nitrogen and oxygen atoms in total. The van der Waals surface area contributed by atoms with Gasteiger partial charge in [0.2, 0.25) is 0 Å². The van der Waals surface area contributed by atoms with Crippen molar-refractivity contribution in [2.75, 3.05) is 20.2 Å². The molecule has 0 radical (unpaired) electrons. The number of carbonyl (C=O) groups excluding carboxylic acids is 1. The summed E-state index contributed by atoms with van der Waals surface area (Å²) in [6.07, 6.45) is 4.04. The van der Waals surface area contributed by atoms with E-state index in [1.165, 1.54) is 6.42 Å². The van der Waals surface area contributed by atoms with Crippen LogP contribution in [0.25, 0.3) is 0 Å². The third-order valence-corrected chi connectivity index (χ3v) is 3.45. The average molecular weight is 272 g/mol. The molecule has 0 aromatic heterocycles. The van der Waals surface area contributed by atoms with Gasteiger partial charge in [0.15, 0.2) is 0 Å². The fourth-order valence-electron chi connectivity index (χ4n) is 1.76. The van der Waals surface area contributed by atoms with Gasteiger partial charge in [-0.15, -0.1) is 0 Å². The van der Waals surface area contributed by atoms with E-state index >= 15 is 0 Å². The summed E-state index contributed by atoms with van der Waals surface area (Å²) in [5.41, 5.74) is 0. The molecule has 3 atom stereocenters. The highest BCUT2D eigenvalue weighted by Gasteiger charge is 2.14. The van der Waals surface area contributed by atoms with Crippen molar-refractivity contribution in [2.45, 2.75) is 65.5 Å². The van der Waals surface area contributed by atoms with Crippen molar-refractivity contribution in [3.8, 4) is 0 Å². The van der Waals surface area contributed by atoms with Crippen LogP contribution < -0.4 is 10.6 Å². The monoisotopic (exact) mass is 272 g/mol. The van der Waals surface area contributed by atoms with E-state index in [-0.39, 0.29) is 11.9 Å². The molecular weight excluding hydrogens is 240 g/mol. The minimum atomic E-state index is -0.0693. The van der Waals surface area contributed by atoms with E-state index in [2.05, 4.69) is 24.5 Å². The lowest BCUT2D eigenvalue weighted by Crippen LogP contribution is -2.31. The fraction of sp³-hybridized carbons (Fsp3) is 0.933. The average Bonchev–Trinajstić information content (AvgIpc) is 2.41. The molecule has 0 aliphatic rings. The summed E-state index contributed by atoms with van der Waals surface area (Å²) in [6.45, 7) is 9.74. The predicted molar refractivity (Wildman–Crippen MR) is 80.3 cm³/mol. The van der Waals surface area contributed by atoms with E-state index in [9.17, 15) is 4.79 Å². The molecule has 0 amide bonds. The van der Waals surface area contributed by atoms with Crippen molar-refractivity contribution >= 4 is 5.97 Å². The molecule has 0 saturated heterocycles. The van der Waals surface area contributed by atoms with Crippen LogP contribution in [0.5, 0.6) is 0 Å². The van der Waals surface area contributed by atoms with Crippen LogP contribution in [0.3, 0.4) is 0 Å². The quantitative estimate of drug-likeness (QED) is 0.567. The lowest BCUT2D eigenvalue weighted by Gasteiger charge is -2.17. The highest BCUT2D eigenvalue weighted by atomic mass is 16.5. The number of carbonyl (C=O) groups is 1. The second-order valence-corrected chi connectivity index (χ2v) is 5.48. The largest absolute Gasteiger partial charge is 0.465 e. The number of hydrogen-bond donors (Lipinski definition) is 2. The van der Waals surface area contributed by atoms with Gasteiger partial charge in [0, 0.05) is 12.1 Å². The Kier molecular flexibility index (Phi) is 10.9. The normalized spacial score (nSPS) is 15.8. The van der Waals surface area contributed by atoms with Crippen LogP contribution in [0.15, 0.2) is 0 Å². The Morgan fingerprint density at radius 1 is 1.11 bits per heavy atom. The van der Waals surface area contributed by atoms with Gasteiger partial charge in [-0.3, -0.25) is 4.79 Å². The zero-order valence-corrected chi connectivity index (χ0v) is 13.3. The van der Waals surface area contributed by atoms with Gasteiger partial charge in [0.25, 0.3) is 0 Å². The van der Waals surface area contributed by atoms with Crippen LogP contribution in [0.1, 0.15) is 53.4 Å². The molecule has 0 rings (SSSR count). The minimum Gasteiger partial charge on any atom is -0.465 e. The Labute approximate surface area is 118 Å². The molecule has 0 aliphatic carbocycles. The van der Waals surface area contributed by atoms with Gasteiger partial charge >= 0.3 is 5.97 Å². The van der Waals surface area contributed by atoms with E-state index in [1.54, 1.807) is 0 Å². The first-order valence-electron chi connectivity index (χ1n) is 7.58. The Hall–Kier alpha value is -0.610. The van der Waals surface area contributed by atoms with Crippen LogP contribution in [-0.2, 0) is 9.53 Å². The number of hydrogen-bond acceptors (Lipinski definition) is 4. The summed E-state index contributed by atoms with van der Waals surface area (Å²) >= 11 is 0. The molecule has 2 N–H and O–H groups in total. The van der Waals surface area contributed by atoms with Gasteiger partial charge in [-0.05, 0) is 53.1 Å². The highest BCUT2D eigenvalue weighted by molar-refractivity contribution is 5.71. The Morgan fingerprint density at radius 2 is 1.74 bits per heavy atom. The summed E-state index contributed by atoms with van der Waals surface area (Å²) in [7, 11) is 1.99. The molecule has 0 heterocycles. The number of ether oxygens (including phenoxy) is 1. The third kappa shape index (κ3) is 9.91. The molecule has 0 aromatic carbocycles. The van der Waals surface area contributed by atoms with Crippen LogP contribution in [0, 0.1) is 5.92 Å². The standard InChI is InChI=1S/C15H32N2O2/c1-6-11-19-15(18)12(2)9-10-17-14(4)8-7-13(3)16-5/h12-14,16-17H,6-11H2,1-5H3. The summed E-state index contributed by atoms with van der Waals surface area (Å²) in [5, 5.41) is 6.71. The maximum absolute atomic E-state index is 11.6. The van der Waals surface area contributed by atoms with Crippen molar-refractivity contribution in [3.05, 3.63) is 0 Å². The molecule has 4 heteroatoms. The first-order chi connectivity index (χ1) is 9.01. The maximum Gasteiger partial charge on any atom is 0.308 e. The summed E-state index contributed by atoms with van der Waals surface area (Å²) in [6, 6.07) is 1.06. The van der Waals surface area contributed by atoms with Gasteiger partial charge < -0.3 is 15.4 Å². The van der Waals surface area contributed by atoms with Gasteiger partial charge in [-0.2, -0.15) is 0 Å². The molecule has 0 saturated carbocycles. The van der Waals surface area contributed by atoms with Crippen LogP contribution in [0.2, 0.25) is 0 Å². The van der Waals surface area contributed by atoms with E-state index in [4.69, 9.17) is 4.74 Å². The smallest absolute Gasteiger partial charge is 0.308 e. The molecule has 0 bridgehead atoms. The van der Waals surface area contributed by atoms with Crippen LogP contribution in [-0.4, -0.2) is 38.3 Å². The number of esters is 1. The summed E-state index contributed by atoms with van der Waals surface area (Å²) < 4.78 is 5.13. The molecule has 0 spiro atoms. The second-order valence-electron chi connectivity index (χ2n) is 5.48. The van der Waals surface area contributed by atoms with E-state index < -0.39 is 0 Å². The Balaban J connectivity index is 3.63. The van der Waals surface area contributed by atoms with Crippen LogP contribution in [0.4, 0.5) is 0 Å². The molecule has 0 aliphatic heterocycles. The molecule has 114 valence electrons. The number of nitrogens with one attached hydrogen (secondary N) is 2. The van der Waals surface area contributed by atoms with E-state index in [0.717, 1.165) is 25.8 Å². The SMILES string of the molecule is CCCOC(=O)C(C)CCNC(C)CCC(C)NC. The van der Waals surface area contributed by atoms with Crippen molar-refractivity contribution in [1.82, 2.24) is 10.6 Å². The molecular formula is C15H32N2O2. The highest BCUT2D eigenvalue weighted by Crippen LogP contribution is 2.05.